The summed E-state index contributed by atoms with van der Waals surface area (Å²) in [4.78, 5) is 25.5. The molecule has 3 aromatic rings. The Morgan fingerprint density at radius 1 is 1.15 bits per heavy atom. The van der Waals surface area contributed by atoms with E-state index in [0.29, 0.717) is 21.5 Å². The van der Waals surface area contributed by atoms with E-state index >= 15 is 0 Å². The molecule has 13 heteroatoms. The predicted molar refractivity (Wildman–Crippen MR) is 145 cm³/mol. The molecule has 0 saturated heterocycles. The monoisotopic (exact) mass is 603 g/mol. The first-order valence-corrected chi connectivity index (χ1v) is 14.8. The summed E-state index contributed by atoms with van der Waals surface area (Å²) in [5, 5.41) is 5.21. The number of ether oxygens (including phenoxy) is 2. The molecule has 2 atom stereocenters. The zero-order valence-electron chi connectivity index (χ0n) is 21.4. The Bertz CT molecular complexity index is 1430. The zero-order valence-corrected chi connectivity index (χ0v) is 23.8. The number of alkyl halides is 3. The Morgan fingerprint density at radius 2 is 1.87 bits per heavy atom. The molecule has 0 radical (unpaired) electrons. The largest absolute Gasteiger partial charge is 0.573 e. The van der Waals surface area contributed by atoms with Gasteiger partial charge in [0.15, 0.2) is 6.79 Å². The van der Waals surface area contributed by atoms with Crippen molar-refractivity contribution in [2.45, 2.75) is 32.8 Å². The highest BCUT2D eigenvalue weighted by atomic mass is 35.5. The number of carbonyl (C=O) groups is 2. The number of hydrogen-bond acceptors (Lipinski definition) is 7. The van der Waals surface area contributed by atoms with Gasteiger partial charge in [-0.2, -0.15) is 0 Å². The first kappa shape index (κ1) is 30.7. The molecule has 0 bridgehead atoms. The number of rotatable bonds is 9. The van der Waals surface area contributed by atoms with Gasteiger partial charge in [0.1, 0.15) is 11.4 Å². The molecule has 0 aliphatic rings. The van der Waals surface area contributed by atoms with Crippen LogP contribution in [0.1, 0.15) is 37.6 Å². The molecule has 0 aliphatic carbocycles. The van der Waals surface area contributed by atoms with E-state index < -0.39 is 49.2 Å². The van der Waals surface area contributed by atoms with Crippen LogP contribution in [0.25, 0.3) is 16.2 Å². The quantitative estimate of drug-likeness (QED) is 0.153. The van der Waals surface area contributed by atoms with Crippen LogP contribution in [-0.2, 0) is 23.4 Å². The van der Waals surface area contributed by atoms with E-state index in [9.17, 15) is 27.3 Å². The van der Waals surface area contributed by atoms with Crippen LogP contribution in [0.2, 0.25) is 5.02 Å². The van der Waals surface area contributed by atoms with Crippen LogP contribution in [0.5, 0.6) is 5.75 Å². The van der Waals surface area contributed by atoms with Crippen molar-refractivity contribution in [3.63, 3.8) is 0 Å². The highest BCUT2D eigenvalue weighted by Crippen LogP contribution is 2.59. The summed E-state index contributed by atoms with van der Waals surface area (Å²) in [6.45, 7) is 5.58. The molecule has 3 rings (SSSR count). The summed E-state index contributed by atoms with van der Waals surface area (Å²) in [6, 6.07) is 10.2. The van der Waals surface area contributed by atoms with Crippen LogP contribution < -0.4 is 10.1 Å². The third kappa shape index (κ3) is 8.57. The molecular weight excluding hydrogens is 578 g/mol. The van der Waals surface area contributed by atoms with Gasteiger partial charge in [0.05, 0.1) is 5.41 Å². The van der Waals surface area contributed by atoms with Crippen molar-refractivity contribution in [2.75, 3.05) is 13.5 Å². The first-order valence-electron chi connectivity index (χ1n) is 11.5. The maximum atomic E-state index is 13.8. The average Bonchev–Trinajstić information content (AvgIpc) is 3.19. The molecule has 0 spiro atoms. The van der Waals surface area contributed by atoms with E-state index in [4.69, 9.17) is 20.9 Å². The standard InChI is InChI=1S/C26H26ClF3NO6PS/c1-25(2,3)24(33)35-15-36-38(4,34)22(20-14-39-21-9-8-17(27)13-19(20)21)23(32)31-11-10-16-6-5-7-18(12-16)37-26(28,29)30/h5-14,22H,15H2,1-4H3,(H,31,32)/b11-10+. The molecule has 210 valence electrons. The Morgan fingerprint density at radius 3 is 2.54 bits per heavy atom. The lowest BCUT2D eigenvalue weighted by Crippen LogP contribution is -2.27. The molecule has 2 aromatic carbocycles. The normalized spacial score (nSPS) is 14.7. The summed E-state index contributed by atoms with van der Waals surface area (Å²) in [5.41, 5.74) is -1.42. The lowest BCUT2D eigenvalue weighted by molar-refractivity contribution is -0.274. The van der Waals surface area contributed by atoms with E-state index in [1.807, 2.05) is 0 Å². The van der Waals surface area contributed by atoms with E-state index in [0.717, 1.165) is 16.8 Å². The van der Waals surface area contributed by atoms with Gasteiger partial charge in [0.25, 0.3) is 0 Å². The minimum absolute atomic E-state index is 0.311. The number of hydrogen-bond donors (Lipinski definition) is 1. The number of thiophene rings is 1. The summed E-state index contributed by atoms with van der Waals surface area (Å²) in [5.74, 6) is -1.70. The molecule has 1 amide bonds. The molecular formula is C26H26ClF3NO6PS. The minimum atomic E-state index is -4.85. The topological polar surface area (TPSA) is 90.9 Å². The molecule has 1 heterocycles. The van der Waals surface area contributed by atoms with Gasteiger partial charge in [-0.25, -0.2) is 0 Å². The van der Waals surface area contributed by atoms with Gasteiger partial charge < -0.3 is 14.8 Å². The van der Waals surface area contributed by atoms with Crippen LogP contribution in [0.15, 0.2) is 54.0 Å². The fraction of sp³-hybridized carbons (Fsp3) is 0.308. The van der Waals surface area contributed by atoms with Crippen molar-refractivity contribution in [1.82, 2.24) is 5.32 Å². The third-order valence-corrected chi connectivity index (χ3v) is 8.57. The SMILES string of the molecule is CC(C)(C)C(=O)OCOP(C)(=O)C(C(=O)N/C=C/c1cccc(OC(F)(F)F)c1)c1csc2ccc(Cl)cc12. The molecule has 1 aromatic heterocycles. The zero-order chi connectivity index (χ0) is 29.0. The summed E-state index contributed by atoms with van der Waals surface area (Å²) in [7, 11) is -3.82. The number of halogens is 4. The van der Waals surface area contributed by atoms with Crippen molar-refractivity contribution in [1.29, 1.82) is 0 Å². The molecule has 2 unspecified atom stereocenters. The highest BCUT2D eigenvalue weighted by molar-refractivity contribution is 7.59. The molecule has 1 N–H and O–H groups in total. The van der Waals surface area contributed by atoms with Crippen molar-refractivity contribution in [3.05, 3.63) is 70.2 Å². The molecule has 0 aliphatic heterocycles. The number of benzene rings is 2. The van der Waals surface area contributed by atoms with Gasteiger partial charge in [0, 0.05) is 22.6 Å². The predicted octanol–water partition coefficient (Wildman–Crippen LogP) is 7.75. The number of esters is 1. The second-order valence-corrected chi connectivity index (χ2v) is 13.5. The van der Waals surface area contributed by atoms with Crippen molar-refractivity contribution in [3.8, 4) is 5.75 Å². The number of amides is 1. The molecule has 39 heavy (non-hydrogen) atoms. The Hall–Kier alpha value is -2.85. The summed E-state index contributed by atoms with van der Waals surface area (Å²) in [6.07, 6.45) is -2.28. The minimum Gasteiger partial charge on any atom is -0.438 e. The average molecular weight is 604 g/mol. The van der Waals surface area contributed by atoms with Crippen molar-refractivity contribution in [2.24, 2.45) is 5.41 Å². The number of carbonyl (C=O) groups excluding carboxylic acids is 2. The fourth-order valence-electron chi connectivity index (χ4n) is 3.43. The second kappa shape index (κ2) is 12.1. The first-order chi connectivity index (χ1) is 18.1. The maximum Gasteiger partial charge on any atom is 0.573 e. The maximum absolute atomic E-state index is 13.8. The lowest BCUT2D eigenvalue weighted by atomic mass is 9.98. The van der Waals surface area contributed by atoms with Gasteiger partial charge >= 0.3 is 12.3 Å². The van der Waals surface area contributed by atoms with Gasteiger partial charge in [-0.1, -0.05) is 23.7 Å². The van der Waals surface area contributed by atoms with Crippen LogP contribution in [-0.4, -0.2) is 31.7 Å². The van der Waals surface area contributed by atoms with E-state index in [1.54, 1.807) is 44.4 Å². The van der Waals surface area contributed by atoms with Crippen molar-refractivity contribution >= 4 is 58.3 Å². The van der Waals surface area contributed by atoms with Crippen LogP contribution >= 0.6 is 30.3 Å². The van der Waals surface area contributed by atoms with E-state index in [1.165, 1.54) is 42.4 Å². The molecule has 0 fully saturated rings. The Balaban J connectivity index is 1.86. The highest BCUT2D eigenvalue weighted by Gasteiger charge is 2.39. The number of fused-ring (bicyclic) bond motifs is 1. The molecule has 0 saturated carbocycles. The summed E-state index contributed by atoms with van der Waals surface area (Å²) < 4.78 is 66.6. The Labute approximate surface area is 232 Å². The second-order valence-electron chi connectivity index (χ2n) is 9.53. The van der Waals surface area contributed by atoms with Crippen LogP contribution in [0.3, 0.4) is 0 Å². The van der Waals surface area contributed by atoms with Crippen molar-refractivity contribution < 1.29 is 41.3 Å². The van der Waals surface area contributed by atoms with E-state index in [-0.39, 0.29) is 0 Å². The van der Waals surface area contributed by atoms with Gasteiger partial charge in [-0.15, -0.1) is 24.5 Å². The third-order valence-electron chi connectivity index (χ3n) is 5.28. The lowest BCUT2D eigenvalue weighted by Gasteiger charge is -2.24. The van der Waals surface area contributed by atoms with Crippen LogP contribution in [0.4, 0.5) is 13.2 Å². The number of nitrogens with one attached hydrogen (secondary N) is 1. The Kier molecular flexibility index (Phi) is 9.54. The van der Waals surface area contributed by atoms with Gasteiger partial charge in [-0.05, 0) is 79.1 Å². The van der Waals surface area contributed by atoms with Gasteiger partial charge in [-0.3, -0.25) is 18.7 Å². The summed E-state index contributed by atoms with van der Waals surface area (Å²) >= 11 is 7.48. The smallest absolute Gasteiger partial charge is 0.438 e. The molecule has 7 nitrogen and oxygen atoms in total. The van der Waals surface area contributed by atoms with Gasteiger partial charge in [0.2, 0.25) is 13.3 Å². The fourth-order valence-corrected chi connectivity index (χ4v) is 6.30. The van der Waals surface area contributed by atoms with Crippen LogP contribution in [0, 0.1) is 5.41 Å². The van der Waals surface area contributed by atoms with E-state index in [2.05, 4.69) is 10.1 Å².